The van der Waals surface area contributed by atoms with E-state index in [0.717, 1.165) is 4.90 Å². The third-order valence-electron chi connectivity index (χ3n) is 1.46. The Hall–Kier alpha value is -0.510. The maximum atomic E-state index is 8.72. The summed E-state index contributed by atoms with van der Waals surface area (Å²) in [7, 11) is 0. The third-order valence-corrected chi connectivity index (χ3v) is 2.43. The van der Waals surface area contributed by atoms with Crippen molar-refractivity contribution in [2.75, 3.05) is 6.61 Å². The SMILES string of the molecule is Cc1cccc(SC(N)CO)c1. The predicted molar refractivity (Wildman–Crippen MR) is 52.1 cm³/mol. The molecule has 0 saturated heterocycles. The summed E-state index contributed by atoms with van der Waals surface area (Å²) < 4.78 is 0. The maximum Gasteiger partial charge on any atom is 0.0789 e. The zero-order valence-corrected chi connectivity index (χ0v) is 7.84. The Morgan fingerprint density at radius 1 is 1.58 bits per heavy atom. The molecule has 0 aliphatic rings. The van der Waals surface area contributed by atoms with Gasteiger partial charge in [-0.1, -0.05) is 17.7 Å². The molecule has 0 aliphatic carbocycles. The summed E-state index contributed by atoms with van der Waals surface area (Å²) in [6, 6.07) is 8.07. The average molecular weight is 183 g/mol. The van der Waals surface area contributed by atoms with Crippen LogP contribution >= 0.6 is 11.8 Å². The van der Waals surface area contributed by atoms with Crippen LogP contribution in [0.25, 0.3) is 0 Å². The fourth-order valence-corrected chi connectivity index (χ4v) is 1.74. The fraction of sp³-hybridized carbons (Fsp3) is 0.333. The van der Waals surface area contributed by atoms with Gasteiger partial charge in [0.15, 0.2) is 0 Å². The van der Waals surface area contributed by atoms with Crippen LogP contribution in [0.5, 0.6) is 0 Å². The maximum absolute atomic E-state index is 8.72. The highest BCUT2D eigenvalue weighted by molar-refractivity contribution is 7.99. The molecule has 0 fully saturated rings. The Kier molecular flexibility index (Phi) is 3.59. The van der Waals surface area contributed by atoms with Crippen molar-refractivity contribution in [3.8, 4) is 0 Å². The lowest BCUT2D eigenvalue weighted by molar-refractivity contribution is 0.296. The third kappa shape index (κ3) is 2.85. The highest BCUT2D eigenvalue weighted by atomic mass is 32.2. The monoisotopic (exact) mass is 183 g/mol. The van der Waals surface area contributed by atoms with Crippen LogP contribution in [0, 0.1) is 6.92 Å². The minimum Gasteiger partial charge on any atom is -0.394 e. The van der Waals surface area contributed by atoms with Gasteiger partial charge in [-0.05, 0) is 19.1 Å². The van der Waals surface area contributed by atoms with Crippen LogP contribution in [-0.4, -0.2) is 17.1 Å². The first-order valence-electron chi connectivity index (χ1n) is 3.82. The van der Waals surface area contributed by atoms with Crippen LogP contribution in [0.1, 0.15) is 5.56 Å². The first kappa shape index (κ1) is 9.58. The highest BCUT2D eigenvalue weighted by Crippen LogP contribution is 2.20. The van der Waals surface area contributed by atoms with E-state index in [1.165, 1.54) is 17.3 Å². The lowest BCUT2D eigenvalue weighted by Gasteiger charge is -2.07. The van der Waals surface area contributed by atoms with Crippen molar-refractivity contribution in [2.45, 2.75) is 17.2 Å². The molecule has 1 unspecified atom stereocenters. The van der Waals surface area contributed by atoms with Gasteiger partial charge in [0.05, 0.1) is 12.0 Å². The topological polar surface area (TPSA) is 46.2 Å². The van der Waals surface area contributed by atoms with Gasteiger partial charge >= 0.3 is 0 Å². The number of aryl methyl sites for hydroxylation is 1. The minimum atomic E-state index is -0.216. The van der Waals surface area contributed by atoms with E-state index >= 15 is 0 Å². The molecule has 1 aromatic rings. The normalized spacial score (nSPS) is 12.9. The van der Waals surface area contributed by atoms with E-state index in [1.54, 1.807) is 0 Å². The van der Waals surface area contributed by atoms with Crippen LogP contribution in [0.2, 0.25) is 0 Å². The van der Waals surface area contributed by atoms with Crippen LogP contribution in [0.4, 0.5) is 0 Å². The predicted octanol–water partition coefficient (Wildman–Crippen LogP) is 1.36. The number of hydrogen-bond donors (Lipinski definition) is 2. The van der Waals surface area contributed by atoms with Crippen molar-refractivity contribution in [1.82, 2.24) is 0 Å². The number of hydrogen-bond acceptors (Lipinski definition) is 3. The molecule has 2 nitrogen and oxygen atoms in total. The molecule has 0 radical (unpaired) electrons. The molecule has 0 aliphatic heterocycles. The van der Waals surface area contributed by atoms with E-state index < -0.39 is 0 Å². The second kappa shape index (κ2) is 4.50. The summed E-state index contributed by atoms with van der Waals surface area (Å²) in [5, 5.41) is 8.50. The molecule has 0 saturated carbocycles. The number of aliphatic hydroxyl groups is 1. The molecule has 1 atom stereocenters. The van der Waals surface area contributed by atoms with Crippen molar-refractivity contribution in [3.05, 3.63) is 29.8 Å². The largest absolute Gasteiger partial charge is 0.394 e. The molecule has 66 valence electrons. The summed E-state index contributed by atoms with van der Waals surface area (Å²) in [4.78, 5) is 1.11. The van der Waals surface area contributed by atoms with Gasteiger partial charge in [0.1, 0.15) is 0 Å². The van der Waals surface area contributed by atoms with E-state index in [9.17, 15) is 0 Å². The summed E-state index contributed by atoms with van der Waals surface area (Å²) in [6.45, 7) is 2.05. The second-order valence-corrected chi connectivity index (χ2v) is 3.97. The number of thioether (sulfide) groups is 1. The molecule has 0 heterocycles. The van der Waals surface area contributed by atoms with Crippen molar-refractivity contribution in [2.24, 2.45) is 5.73 Å². The number of rotatable bonds is 3. The van der Waals surface area contributed by atoms with Gasteiger partial charge in [-0.15, -0.1) is 11.8 Å². The molecule has 1 aromatic carbocycles. The molecule has 1 rings (SSSR count). The van der Waals surface area contributed by atoms with E-state index in [2.05, 4.69) is 6.07 Å². The zero-order valence-electron chi connectivity index (χ0n) is 7.03. The van der Waals surface area contributed by atoms with E-state index in [-0.39, 0.29) is 12.0 Å². The zero-order chi connectivity index (χ0) is 8.97. The molecule has 3 N–H and O–H groups in total. The Morgan fingerprint density at radius 2 is 2.33 bits per heavy atom. The standard InChI is InChI=1S/C9H13NOS/c1-7-3-2-4-8(5-7)12-9(10)6-11/h2-5,9,11H,6,10H2,1H3. The summed E-state index contributed by atoms with van der Waals surface area (Å²) in [5.41, 5.74) is 6.78. The van der Waals surface area contributed by atoms with Crippen LogP contribution in [0.15, 0.2) is 29.2 Å². The van der Waals surface area contributed by atoms with Gasteiger partial charge in [0.25, 0.3) is 0 Å². The summed E-state index contributed by atoms with van der Waals surface area (Å²) >= 11 is 1.49. The Balaban J connectivity index is 2.63. The first-order chi connectivity index (χ1) is 5.72. The number of aliphatic hydroxyl groups excluding tert-OH is 1. The average Bonchev–Trinajstić information content (AvgIpc) is 2.04. The van der Waals surface area contributed by atoms with Crippen molar-refractivity contribution in [1.29, 1.82) is 0 Å². The van der Waals surface area contributed by atoms with Gasteiger partial charge in [-0.2, -0.15) is 0 Å². The molecule has 12 heavy (non-hydrogen) atoms. The fourth-order valence-electron chi connectivity index (χ4n) is 0.901. The molecule has 0 spiro atoms. The van der Waals surface area contributed by atoms with Crippen molar-refractivity contribution in [3.63, 3.8) is 0 Å². The molecule has 0 bridgehead atoms. The van der Waals surface area contributed by atoms with Crippen molar-refractivity contribution >= 4 is 11.8 Å². The Morgan fingerprint density at radius 3 is 2.92 bits per heavy atom. The van der Waals surface area contributed by atoms with Gasteiger partial charge in [0.2, 0.25) is 0 Å². The quantitative estimate of drug-likeness (QED) is 0.549. The molecule has 3 heteroatoms. The van der Waals surface area contributed by atoms with Gasteiger partial charge < -0.3 is 10.8 Å². The van der Waals surface area contributed by atoms with Gasteiger partial charge in [-0.25, -0.2) is 0 Å². The van der Waals surface area contributed by atoms with Crippen LogP contribution in [-0.2, 0) is 0 Å². The van der Waals surface area contributed by atoms with Crippen molar-refractivity contribution < 1.29 is 5.11 Å². The molecular formula is C9H13NOS. The van der Waals surface area contributed by atoms with Gasteiger partial charge in [0, 0.05) is 4.90 Å². The minimum absolute atomic E-state index is 0.0125. The first-order valence-corrected chi connectivity index (χ1v) is 4.70. The molecule has 0 amide bonds. The van der Waals surface area contributed by atoms with Crippen LogP contribution < -0.4 is 5.73 Å². The summed E-state index contributed by atoms with van der Waals surface area (Å²) in [5.74, 6) is 0. The van der Waals surface area contributed by atoms with E-state index in [4.69, 9.17) is 10.8 Å². The smallest absolute Gasteiger partial charge is 0.0789 e. The molecular weight excluding hydrogens is 170 g/mol. The Bertz CT molecular complexity index is 252. The highest BCUT2D eigenvalue weighted by Gasteiger charge is 2.01. The number of nitrogens with two attached hydrogens (primary N) is 1. The summed E-state index contributed by atoms with van der Waals surface area (Å²) in [6.07, 6.45) is 0. The lowest BCUT2D eigenvalue weighted by atomic mass is 10.2. The Labute approximate surface area is 76.8 Å². The molecule has 0 aromatic heterocycles. The lowest BCUT2D eigenvalue weighted by Crippen LogP contribution is -2.19. The number of benzene rings is 1. The van der Waals surface area contributed by atoms with Crippen LogP contribution in [0.3, 0.4) is 0 Å². The van der Waals surface area contributed by atoms with E-state index in [0.29, 0.717) is 0 Å². The van der Waals surface area contributed by atoms with Gasteiger partial charge in [-0.3, -0.25) is 0 Å². The van der Waals surface area contributed by atoms with E-state index in [1.807, 2.05) is 25.1 Å². The second-order valence-electron chi connectivity index (χ2n) is 2.66.